The minimum atomic E-state index is -0.725. The molecule has 0 saturated carbocycles. The number of carbonyl (C=O) groups excluding carboxylic acids is 2. The lowest BCUT2D eigenvalue weighted by atomic mass is 10.2. The molecule has 0 aliphatic carbocycles. The molecule has 0 spiro atoms. The second kappa shape index (κ2) is 7.23. The fourth-order valence-corrected chi connectivity index (χ4v) is 2.99. The number of nitrogens with two attached hydrogens (primary N) is 1. The zero-order chi connectivity index (χ0) is 16.1. The van der Waals surface area contributed by atoms with Gasteiger partial charge in [0.1, 0.15) is 0 Å². The van der Waals surface area contributed by atoms with Crippen molar-refractivity contribution < 1.29 is 14.5 Å². The zero-order valence-corrected chi connectivity index (χ0v) is 12.6. The lowest BCUT2D eigenvalue weighted by Gasteiger charge is -2.27. The number of hydrogen-bond donors (Lipinski definition) is 2. The Hall–Kier alpha value is -2.13. The van der Waals surface area contributed by atoms with Crippen molar-refractivity contribution in [3.63, 3.8) is 0 Å². The smallest absolute Gasteiger partial charge is 0.283 e. The zero-order valence-electron chi connectivity index (χ0n) is 11.8. The van der Waals surface area contributed by atoms with Crippen molar-refractivity contribution in [3.8, 4) is 0 Å². The Morgan fingerprint density at radius 3 is 2.64 bits per heavy atom. The first kappa shape index (κ1) is 16.2. The van der Waals surface area contributed by atoms with Crippen LogP contribution in [0.3, 0.4) is 0 Å². The molecule has 3 N–H and O–H groups in total. The molecule has 22 heavy (non-hydrogen) atoms. The van der Waals surface area contributed by atoms with Crippen molar-refractivity contribution in [3.05, 3.63) is 33.9 Å². The molecule has 2 rings (SSSR count). The molecule has 1 aromatic rings. The van der Waals surface area contributed by atoms with Crippen LogP contribution in [0, 0.1) is 10.1 Å². The van der Waals surface area contributed by atoms with E-state index >= 15 is 0 Å². The standard InChI is InChI=1S/C13H16N4O4S/c14-13(19)9-1-2-11(10(7-9)17(20)21)22-8-12(18)16-5-3-15-4-6-16/h1-2,7,15H,3-6,8H2,(H2,14,19). The normalized spacial score (nSPS) is 14.6. The number of nitrogens with one attached hydrogen (secondary N) is 1. The van der Waals surface area contributed by atoms with Crippen molar-refractivity contribution >= 4 is 29.3 Å². The summed E-state index contributed by atoms with van der Waals surface area (Å²) in [5, 5.41) is 14.2. The molecular weight excluding hydrogens is 308 g/mol. The Morgan fingerprint density at radius 2 is 2.05 bits per heavy atom. The topological polar surface area (TPSA) is 119 Å². The predicted octanol–water partition coefficient (Wildman–Crippen LogP) is 0.218. The van der Waals surface area contributed by atoms with Gasteiger partial charge in [0.15, 0.2) is 0 Å². The fourth-order valence-electron chi connectivity index (χ4n) is 2.08. The quantitative estimate of drug-likeness (QED) is 0.454. The molecule has 0 radical (unpaired) electrons. The van der Waals surface area contributed by atoms with E-state index in [1.54, 1.807) is 4.90 Å². The summed E-state index contributed by atoms with van der Waals surface area (Å²) in [6.07, 6.45) is 0. The van der Waals surface area contributed by atoms with Crippen LogP contribution in [0.15, 0.2) is 23.1 Å². The van der Waals surface area contributed by atoms with E-state index < -0.39 is 10.8 Å². The van der Waals surface area contributed by atoms with Gasteiger partial charge in [-0.05, 0) is 12.1 Å². The molecule has 1 aliphatic heterocycles. The summed E-state index contributed by atoms with van der Waals surface area (Å²) in [6.45, 7) is 2.79. The average Bonchev–Trinajstić information content (AvgIpc) is 2.53. The van der Waals surface area contributed by atoms with Gasteiger partial charge in [0, 0.05) is 37.8 Å². The lowest BCUT2D eigenvalue weighted by molar-refractivity contribution is -0.387. The van der Waals surface area contributed by atoms with E-state index in [1.807, 2.05) is 0 Å². The Balaban J connectivity index is 2.07. The van der Waals surface area contributed by atoms with Gasteiger partial charge in [-0.1, -0.05) is 0 Å². The van der Waals surface area contributed by atoms with Crippen molar-refractivity contribution in [2.75, 3.05) is 31.9 Å². The molecule has 1 heterocycles. The Morgan fingerprint density at radius 1 is 1.36 bits per heavy atom. The molecular formula is C13H16N4O4S. The number of piperazine rings is 1. The molecule has 9 heteroatoms. The summed E-state index contributed by atoms with van der Waals surface area (Å²) >= 11 is 1.09. The number of hydrogen-bond acceptors (Lipinski definition) is 6. The monoisotopic (exact) mass is 324 g/mol. The third-order valence-corrected chi connectivity index (χ3v) is 4.31. The maximum absolute atomic E-state index is 12.1. The SMILES string of the molecule is NC(=O)c1ccc(SCC(=O)N2CCNCC2)c([N+](=O)[O-])c1. The largest absolute Gasteiger partial charge is 0.366 e. The summed E-state index contributed by atoms with van der Waals surface area (Å²) in [5.74, 6) is -0.659. The van der Waals surface area contributed by atoms with Crippen LogP contribution in [0.4, 0.5) is 5.69 Å². The van der Waals surface area contributed by atoms with Gasteiger partial charge in [-0.15, -0.1) is 11.8 Å². The summed E-state index contributed by atoms with van der Waals surface area (Å²) in [4.78, 5) is 35.7. The first-order valence-corrected chi connectivity index (χ1v) is 7.67. The first-order valence-electron chi connectivity index (χ1n) is 6.68. The van der Waals surface area contributed by atoms with Gasteiger partial charge in [0.25, 0.3) is 5.69 Å². The first-order chi connectivity index (χ1) is 10.5. The number of primary amides is 1. The predicted molar refractivity (Wildman–Crippen MR) is 81.8 cm³/mol. The van der Waals surface area contributed by atoms with E-state index in [2.05, 4.69) is 5.32 Å². The second-order valence-electron chi connectivity index (χ2n) is 4.72. The highest BCUT2D eigenvalue weighted by Crippen LogP contribution is 2.30. The molecule has 1 saturated heterocycles. The Bertz CT molecular complexity index is 602. The summed E-state index contributed by atoms with van der Waals surface area (Å²) in [7, 11) is 0. The number of carbonyl (C=O) groups is 2. The number of nitrogens with zero attached hydrogens (tertiary/aromatic N) is 2. The highest BCUT2D eigenvalue weighted by molar-refractivity contribution is 8.00. The van der Waals surface area contributed by atoms with Crippen LogP contribution in [0.5, 0.6) is 0 Å². The van der Waals surface area contributed by atoms with Gasteiger partial charge < -0.3 is 16.0 Å². The van der Waals surface area contributed by atoms with Crippen LogP contribution in [0.25, 0.3) is 0 Å². The Labute approximate surface area is 131 Å². The number of thioether (sulfide) groups is 1. The average molecular weight is 324 g/mol. The van der Waals surface area contributed by atoms with E-state index in [1.165, 1.54) is 12.1 Å². The van der Waals surface area contributed by atoms with Crippen LogP contribution in [-0.4, -0.2) is 53.6 Å². The van der Waals surface area contributed by atoms with Gasteiger partial charge >= 0.3 is 0 Å². The van der Waals surface area contributed by atoms with E-state index in [4.69, 9.17) is 5.73 Å². The molecule has 0 bridgehead atoms. The molecule has 1 aromatic carbocycles. The van der Waals surface area contributed by atoms with Crippen molar-refractivity contribution in [2.24, 2.45) is 5.73 Å². The van der Waals surface area contributed by atoms with Crippen LogP contribution in [-0.2, 0) is 4.79 Å². The minimum absolute atomic E-state index is 0.0558. The molecule has 8 nitrogen and oxygen atoms in total. The van der Waals surface area contributed by atoms with Crippen molar-refractivity contribution in [1.82, 2.24) is 10.2 Å². The number of nitro benzene ring substituents is 1. The van der Waals surface area contributed by atoms with E-state index in [0.29, 0.717) is 18.0 Å². The molecule has 1 fully saturated rings. The molecule has 118 valence electrons. The lowest BCUT2D eigenvalue weighted by Crippen LogP contribution is -2.47. The second-order valence-corrected chi connectivity index (χ2v) is 5.74. The van der Waals surface area contributed by atoms with E-state index in [9.17, 15) is 19.7 Å². The number of amides is 2. The van der Waals surface area contributed by atoms with E-state index in [-0.39, 0.29) is 22.9 Å². The third kappa shape index (κ3) is 3.95. The molecule has 1 aliphatic rings. The van der Waals surface area contributed by atoms with Gasteiger partial charge in [-0.3, -0.25) is 19.7 Å². The fraction of sp³-hybridized carbons (Fsp3) is 0.385. The van der Waals surface area contributed by atoms with Crippen molar-refractivity contribution in [1.29, 1.82) is 0 Å². The summed E-state index contributed by atoms with van der Waals surface area (Å²) in [5.41, 5.74) is 4.98. The van der Waals surface area contributed by atoms with E-state index in [0.717, 1.165) is 30.9 Å². The molecule has 2 amide bonds. The van der Waals surface area contributed by atoms with Crippen LogP contribution in [0.1, 0.15) is 10.4 Å². The van der Waals surface area contributed by atoms with Crippen molar-refractivity contribution in [2.45, 2.75) is 4.90 Å². The molecule has 0 aromatic heterocycles. The maximum atomic E-state index is 12.1. The maximum Gasteiger partial charge on any atom is 0.283 e. The van der Waals surface area contributed by atoms with Gasteiger partial charge in [-0.2, -0.15) is 0 Å². The number of rotatable bonds is 5. The molecule has 0 unspecified atom stereocenters. The molecule has 0 atom stereocenters. The van der Waals surface area contributed by atoms with Crippen LogP contribution in [0.2, 0.25) is 0 Å². The summed E-state index contributed by atoms with van der Waals surface area (Å²) < 4.78 is 0. The van der Waals surface area contributed by atoms with Crippen LogP contribution >= 0.6 is 11.8 Å². The van der Waals surface area contributed by atoms with Gasteiger partial charge in [-0.25, -0.2) is 0 Å². The third-order valence-electron chi connectivity index (χ3n) is 3.26. The summed E-state index contributed by atoms with van der Waals surface area (Å²) in [6, 6.07) is 4.01. The number of nitro groups is 1. The Kier molecular flexibility index (Phi) is 5.34. The highest BCUT2D eigenvalue weighted by Gasteiger charge is 2.20. The number of benzene rings is 1. The van der Waals surface area contributed by atoms with Gasteiger partial charge in [0.05, 0.1) is 15.6 Å². The van der Waals surface area contributed by atoms with Crippen LogP contribution < -0.4 is 11.1 Å². The highest BCUT2D eigenvalue weighted by atomic mass is 32.2. The minimum Gasteiger partial charge on any atom is -0.366 e. The van der Waals surface area contributed by atoms with Gasteiger partial charge in [0.2, 0.25) is 11.8 Å².